The second-order valence-corrected chi connectivity index (χ2v) is 4.03. The van der Waals surface area contributed by atoms with Gasteiger partial charge in [-0.25, -0.2) is 4.79 Å². The third-order valence-corrected chi connectivity index (χ3v) is 2.69. The van der Waals surface area contributed by atoms with Crippen molar-refractivity contribution in [1.29, 1.82) is 0 Å². The molecule has 0 atom stereocenters. The lowest BCUT2D eigenvalue weighted by atomic mass is 10.2. The number of esters is 1. The van der Waals surface area contributed by atoms with E-state index < -0.39 is 0 Å². The third-order valence-electron chi connectivity index (χ3n) is 2.69. The van der Waals surface area contributed by atoms with Gasteiger partial charge in [-0.2, -0.15) is 0 Å². The summed E-state index contributed by atoms with van der Waals surface area (Å²) < 4.78 is 5.28. The molecule has 0 aliphatic rings. The summed E-state index contributed by atoms with van der Waals surface area (Å²) in [5.74, 6) is -0.273. The number of benzene rings is 1. The van der Waals surface area contributed by atoms with Crippen LogP contribution in [0.2, 0.25) is 0 Å². The van der Waals surface area contributed by atoms with E-state index in [0.717, 1.165) is 16.8 Å². The Hall–Kier alpha value is -2.03. The Bertz CT molecular complexity index is 495. The molecule has 1 aromatic carbocycles. The van der Waals surface area contributed by atoms with E-state index in [1.165, 1.54) is 0 Å². The zero-order valence-electron chi connectivity index (χ0n) is 9.99. The molecule has 0 fully saturated rings. The normalized spacial score (nSPS) is 10.2. The topological polar surface area (TPSA) is 42.1 Å². The summed E-state index contributed by atoms with van der Waals surface area (Å²) >= 11 is 0. The average Bonchev–Trinajstić information content (AvgIpc) is 2.67. The Balaban J connectivity index is 2.04. The molecule has 88 valence electrons. The maximum atomic E-state index is 11.9. The number of nitrogens with one attached hydrogen (secondary N) is 1. The number of ether oxygens (including phenoxy) is 1. The van der Waals surface area contributed by atoms with Crippen LogP contribution in [-0.4, -0.2) is 11.0 Å². The second kappa shape index (κ2) is 4.87. The SMILES string of the molecule is Cc1c[nH]c(C)c1C(=O)OCc1ccccc1. The summed E-state index contributed by atoms with van der Waals surface area (Å²) in [5.41, 5.74) is 3.40. The highest BCUT2D eigenvalue weighted by molar-refractivity contribution is 5.92. The summed E-state index contributed by atoms with van der Waals surface area (Å²) in [5, 5.41) is 0. The molecule has 2 aromatic rings. The summed E-state index contributed by atoms with van der Waals surface area (Å²) in [7, 11) is 0. The van der Waals surface area contributed by atoms with Gasteiger partial charge in [0.2, 0.25) is 0 Å². The van der Waals surface area contributed by atoms with Crippen molar-refractivity contribution >= 4 is 5.97 Å². The van der Waals surface area contributed by atoms with Crippen molar-refractivity contribution in [3.05, 3.63) is 58.9 Å². The predicted molar refractivity (Wildman–Crippen MR) is 65.8 cm³/mol. The highest BCUT2D eigenvalue weighted by Crippen LogP contribution is 2.14. The van der Waals surface area contributed by atoms with E-state index in [1.54, 1.807) is 0 Å². The molecule has 0 bridgehead atoms. The van der Waals surface area contributed by atoms with Crippen LogP contribution >= 0.6 is 0 Å². The minimum Gasteiger partial charge on any atom is -0.457 e. The molecule has 1 aromatic heterocycles. The Morgan fingerprint density at radius 1 is 1.24 bits per heavy atom. The molecule has 0 aliphatic heterocycles. The molecule has 0 spiro atoms. The highest BCUT2D eigenvalue weighted by Gasteiger charge is 2.14. The second-order valence-electron chi connectivity index (χ2n) is 4.03. The van der Waals surface area contributed by atoms with Gasteiger partial charge in [-0.05, 0) is 25.0 Å². The predicted octanol–water partition coefficient (Wildman–Crippen LogP) is 2.99. The first-order valence-electron chi connectivity index (χ1n) is 5.54. The lowest BCUT2D eigenvalue weighted by molar-refractivity contribution is 0.0471. The number of H-pyrrole nitrogens is 1. The molecule has 0 saturated carbocycles. The van der Waals surface area contributed by atoms with Gasteiger partial charge in [-0.3, -0.25) is 0 Å². The minimum absolute atomic E-state index is 0.273. The Kier molecular flexibility index (Phi) is 3.28. The number of aromatic nitrogens is 1. The van der Waals surface area contributed by atoms with Crippen LogP contribution in [0.4, 0.5) is 0 Å². The fourth-order valence-corrected chi connectivity index (χ4v) is 1.77. The van der Waals surface area contributed by atoms with Gasteiger partial charge < -0.3 is 9.72 Å². The van der Waals surface area contributed by atoms with E-state index in [9.17, 15) is 4.79 Å². The molecule has 0 saturated heterocycles. The number of aryl methyl sites for hydroxylation is 2. The molecule has 1 N–H and O–H groups in total. The van der Waals surface area contributed by atoms with Gasteiger partial charge >= 0.3 is 5.97 Å². The van der Waals surface area contributed by atoms with Gasteiger partial charge in [0.25, 0.3) is 0 Å². The van der Waals surface area contributed by atoms with Crippen molar-refractivity contribution < 1.29 is 9.53 Å². The third kappa shape index (κ3) is 2.56. The van der Waals surface area contributed by atoms with E-state index in [-0.39, 0.29) is 5.97 Å². The standard InChI is InChI=1S/C14H15NO2/c1-10-8-15-11(2)13(10)14(16)17-9-12-6-4-3-5-7-12/h3-8,15H,9H2,1-2H3. The monoisotopic (exact) mass is 229 g/mol. The molecule has 2 rings (SSSR count). The molecule has 0 unspecified atom stereocenters. The zero-order chi connectivity index (χ0) is 12.3. The molecular formula is C14H15NO2. The summed E-state index contributed by atoms with van der Waals surface area (Å²) in [6, 6.07) is 9.66. The van der Waals surface area contributed by atoms with Crippen molar-refractivity contribution in [2.75, 3.05) is 0 Å². The summed E-state index contributed by atoms with van der Waals surface area (Å²) in [6.07, 6.45) is 1.81. The van der Waals surface area contributed by atoms with Crippen LogP contribution in [0, 0.1) is 13.8 Å². The van der Waals surface area contributed by atoms with Crippen LogP contribution in [-0.2, 0) is 11.3 Å². The highest BCUT2D eigenvalue weighted by atomic mass is 16.5. The van der Waals surface area contributed by atoms with Crippen molar-refractivity contribution in [1.82, 2.24) is 4.98 Å². The Morgan fingerprint density at radius 2 is 1.94 bits per heavy atom. The average molecular weight is 229 g/mol. The number of rotatable bonds is 3. The molecule has 0 aliphatic carbocycles. The maximum absolute atomic E-state index is 11.9. The molecular weight excluding hydrogens is 214 g/mol. The van der Waals surface area contributed by atoms with E-state index >= 15 is 0 Å². The summed E-state index contributed by atoms with van der Waals surface area (Å²) in [4.78, 5) is 14.9. The van der Waals surface area contributed by atoms with Gasteiger partial charge in [0.15, 0.2) is 0 Å². The van der Waals surface area contributed by atoms with Crippen LogP contribution in [0.15, 0.2) is 36.5 Å². The zero-order valence-corrected chi connectivity index (χ0v) is 9.99. The van der Waals surface area contributed by atoms with E-state index in [0.29, 0.717) is 12.2 Å². The van der Waals surface area contributed by atoms with Crippen LogP contribution in [0.25, 0.3) is 0 Å². The first-order chi connectivity index (χ1) is 8.18. The largest absolute Gasteiger partial charge is 0.457 e. The van der Waals surface area contributed by atoms with Gasteiger partial charge in [0.05, 0.1) is 5.56 Å². The first-order valence-corrected chi connectivity index (χ1v) is 5.54. The first kappa shape index (κ1) is 11.5. The fraction of sp³-hybridized carbons (Fsp3) is 0.214. The lowest BCUT2D eigenvalue weighted by Crippen LogP contribution is -2.07. The molecule has 3 heteroatoms. The van der Waals surface area contributed by atoms with Gasteiger partial charge in [0.1, 0.15) is 6.61 Å². The summed E-state index contributed by atoms with van der Waals surface area (Å²) in [6.45, 7) is 4.07. The number of carbonyl (C=O) groups is 1. The molecule has 0 radical (unpaired) electrons. The van der Waals surface area contributed by atoms with Gasteiger partial charge in [-0.1, -0.05) is 30.3 Å². The number of aromatic amines is 1. The minimum atomic E-state index is -0.273. The molecule has 1 heterocycles. The van der Waals surface area contributed by atoms with Crippen molar-refractivity contribution in [2.24, 2.45) is 0 Å². The van der Waals surface area contributed by atoms with Crippen LogP contribution < -0.4 is 0 Å². The van der Waals surface area contributed by atoms with Crippen molar-refractivity contribution in [3.63, 3.8) is 0 Å². The Labute approximate surface area is 100 Å². The van der Waals surface area contributed by atoms with Crippen LogP contribution in [0.1, 0.15) is 27.2 Å². The number of carbonyl (C=O) groups excluding carboxylic acids is 1. The molecule has 3 nitrogen and oxygen atoms in total. The molecule has 0 amide bonds. The number of hydrogen-bond donors (Lipinski definition) is 1. The van der Waals surface area contributed by atoms with Gasteiger partial charge in [0, 0.05) is 11.9 Å². The maximum Gasteiger partial charge on any atom is 0.340 e. The van der Waals surface area contributed by atoms with Crippen molar-refractivity contribution in [3.8, 4) is 0 Å². The quantitative estimate of drug-likeness (QED) is 0.822. The van der Waals surface area contributed by atoms with Crippen LogP contribution in [0.3, 0.4) is 0 Å². The van der Waals surface area contributed by atoms with Crippen molar-refractivity contribution in [2.45, 2.75) is 20.5 Å². The lowest BCUT2D eigenvalue weighted by Gasteiger charge is -2.05. The fourth-order valence-electron chi connectivity index (χ4n) is 1.77. The Morgan fingerprint density at radius 3 is 2.53 bits per heavy atom. The van der Waals surface area contributed by atoms with Crippen LogP contribution in [0.5, 0.6) is 0 Å². The van der Waals surface area contributed by atoms with E-state index in [4.69, 9.17) is 4.74 Å². The smallest absolute Gasteiger partial charge is 0.340 e. The van der Waals surface area contributed by atoms with E-state index in [1.807, 2.05) is 50.4 Å². The molecule has 17 heavy (non-hydrogen) atoms. The number of hydrogen-bond acceptors (Lipinski definition) is 2. The van der Waals surface area contributed by atoms with E-state index in [2.05, 4.69) is 4.98 Å². The van der Waals surface area contributed by atoms with Gasteiger partial charge in [-0.15, -0.1) is 0 Å².